The van der Waals surface area contributed by atoms with Crippen molar-refractivity contribution in [3.8, 4) is 5.75 Å². The molecule has 0 aliphatic carbocycles. The third kappa shape index (κ3) is 5.34. The molecule has 178 valence electrons. The number of nitrogens with one attached hydrogen (secondary N) is 2. The van der Waals surface area contributed by atoms with Crippen LogP contribution < -0.4 is 15.4 Å². The number of benzene rings is 2. The molecule has 1 atom stereocenters. The lowest BCUT2D eigenvalue weighted by molar-refractivity contribution is -0.119. The fourth-order valence-electron chi connectivity index (χ4n) is 4.17. The van der Waals surface area contributed by atoms with Crippen molar-refractivity contribution in [2.24, 2.45) is 0 Å². The molecule has 0 bridgehead atoms. The summed E-state index contributed by atoms with van der Waals surface area (Å²) < 4.78 is 5.81. The number of hydrogen-bond acceptors (Lipinski definition) is 7. The predicted molar refractivity (Wildman–Crippen MR) is 137 cm³/mol. The number of likely N-dealkylation sites (tertiary alicyclic amines) is 1. The topological polar surface area (TPSA) is 92.3 Å². The number of halogens is 1. The van der Waals surface area contributed by atoms with E-state index in [1.807, 2.05) is 49.5 Å². The molecule has 2 aromatic heterocycles. The van der Waals surface area contributed by atoms with Crippen LogP contribution in [0.25, 0.3) is 10.9 Å². The largest absolute Gasteiger partial charge is 0.486 e. The first kappa shape index (κ1) is 23.0. The summed E-state index contributed by atoms with van der Waals surface area (Å²) in [5.74, 6) is 1.18. The van der Waals surface area contributed by atoms with Gasteiger partial charge in [0.05, 0.1) is 22.3 Å². The minimum atomic E-state index is -0.101. The van der Waals surface area contributed by atoms with Gasteiger partial charge >= 0.3 is 0 Å². The summed E-state index contributed by atoms with van der Waals surface area (Å²) in [6.45, 7) is 1.27. The number of ether oxygens (including phenoxy) is 1. The molecule has 5 rings (SSSR count). The van der Waals surface area contributed by atoms with Gasteiger partial charge in [0, 0.05) is 23.0 Å². The fourth-order valence-corrected chi connectivity index (χ4v) is 4.40. The standard InChI is InChI=1S/C26H25ClN6O2/c1-33-12-4-6-23(33)26(34)32-17-7-9-22-20(13-17)25(30-16-29-22)31-18-8-10-24(21(27)14-18)35-15-19-5-2-3-11-28-19/h2-3,5,7-11,13-14,16,23H,4,6,12,15H2,1H3,(H,32,34)(H,29,30,31)/t23-/m0/s1. The van der Waals surface area contributed by atoms with E-state index in [0.29, 0.717) is 28.9 Å². The van der Waals surface area contributed by atoms with E-state index in [0.717, 1.165) is 41.7 Å². The SMILES string of the molecule is CN1CCC[C@H]1C(=O)Nc1ccc2ncnc(Nc3ccc(OCc4ccccn4)c(Cl)c3)c2c1. The van der Waals surface area contributed by atoms with Gasteiger partial charge in [0.25, 0.3) is 0 Å². The first-order chi connectivity index (χ1) is 17.1. The zero-order chi connectivity index (χ0) is 24.2. The van der Waals surface area contributed by atoms with Crippen LogP contribution in [-0.2, 0) is 11.4 Å². The molecule has 4 aromatic rings. The van der Waals surface area contributed by atoms with Gasteiger partial charge in [0.1, 0.15) is 24.5 Å². The summed E-state index contributed by atoms with van der Waals surface area (Å²) in [6.07, 6.45) is 5.13. The van der Waals surface area contributed by atoms with Crippen LogP contribution in [0.3, 0.4) is 0 Å². The van der Waals surface area contributed by atoms with Crippen molar-refractivity contribution in [1.29, 1.82) is 0 Å². The molecule has 8 nitrogen and oxygen atoms in total. The van der Waals surface area contributed by atoms with Gasteiger partial charge in [-0.1, -0.05) is 17.7 Å². The van der Waals surface area contributed by atoms with E-state index in [2.05, 4.69) is 30.5 Å². The average molecular weight is 489 g/mol. The van der Waals surface area contributed by atoms with Crippen LogP contribution in [0, 0.1) is 0 Å². The minimum absolute atomic E-state index is 0.00350. The number of nitrogens with zero attached hydrogens (tertiary/aromatic N) is 4. The van der Waals surface area contributed by atoms with Crippen molar-refractivity contribution in [3.05, 3.63) is 77.8 Å². The van der Waals surface area contributed by atoms with Gasteiger partial charge < -0.3 is 15.4 Å². The highest BCUT2D eigenvalue weighted by molar-refractivity contribution is 6.32. The van der Waals surface area contributed by atoms with E-state index in [9.17, 15) is 4.79 Å². The van der Waals surface area contributed by atoms with Crippen LogP contribution in [0.5, 0.6) is 5.75 Å². The second kappa shape index (κ2) is 10.2. The first-order valence-corrected chi connectivity index (χ1v) is 11.8. The lowest BCUT2D eigenvalue weighted by atomic mass is 10.1. The maximum atomic E-state index is 12.7. The van der Waals surface area contributed by atoms with E-state index in [-0.39, 0.29) is 11.9 Å². The zero-order valence-corrected chi connectivity index (χ0v) is 20.0. The van der Waals surface area contributed by atoms with Crippen molar-refractivity contribution in [1.82, 2.24) is 19.9 Å². The van der Waals surface area contributed by atoms with Crippen LogP contribution in [0.4, 0.5) is 17.2 Å². The van der Waals surface area contributed by atoms with Gasteiger partial charge in [-0.3, -0.25) is 14.7 Å². The number of carbonyl (C=O) groups excluding carboxylic acids is 1. The monoisotopic (exact) mass is 488 g/mol. The molecule has 1 aliphatic heterocycles. The molecule has 1 fully saturated rings. The molecule has 1 saturated heterocycles. The number of aromatic nitrogens is 3. The lowest BCUT2D eigenvalue weighted by Crippen LogP contribution is -2.37. The van der Waals surface area contributed by atoms with Gasteiger partial charge in [0.15, 0.2) is 0 Å². The van der Waals surface area contributed by atoms with E-state index >= 15 is 0 Å². The Hall–Kier alpha value is -3.75. The molecule has 3 heterocycles. The van der Waals surface area contributed by atoms with Crippen molar-refractivity contribution in [3.63, 3.8) is 0 Å². The van der Waals surface area contributed by atoms with Crippen LogP contribution in [0.2, 0.25) is 5.02 Å². The summed E-state index contributed by atoms with van der Waals surface area (Å²) in [6, 6.07) is 16.6. The number of hydrogen-bond donors (Lipinski definition) is 2. The smallest absolute Gasteiger partial charge is 0.241 e. The second-order valence-electron chi connectivity index (χ2n) is 8.46. The average Bonchev–Trinajstić information content (AvgIpc) is 3.30. The minimum Gasteiger partial charge on any atom is -0.486 e. The van der Waals surface area contributed by atoms with Crippen molar-refractivity contribution in [2.45, 2.75) is 25.5 Å². The zero-order valence-electron chi connectivity index (χ0n) is 19.2. The summed E-state index contributed by atoms with van der Waals surface area (Å²) in [5, 5.41) is 7.60. The lowest BCUT2D eigenvalue weighted by Gasteiger charge is -2.19. The maximum absolute atomic E-state index is 12.7. The number of carbonyl (C=O) groups is 1. The molecule has 35 heavy (non-hydrogen) atoms. The van der Waals surface area contributed by atoms with Crippen molar-refractivity contribution < 1.29 is 9.53 Å². The van der Waals surface area contributed by atoms with Crippen LogP contribution in [0.1, 0.15) is 18.5 Å². The first-order valence-electron chi connectivity index (χ1n) is 11.4. The van der Waals surface area contributed by atoms with Crippen LogP contribution >= 0.6 is 11.6 Å². The fraction of sp³-hybridized carbons (Fsp3) is 0.231. The van der Waals surface area contributed by atoms with Crippen LogP contribution in [0.15, 0.2) is 67.1 Å². The molecule has 0 saturated carbocycles. The summed E-state index contributed by atoms with van der Waals surface area (Å²) in [7, 11) is 1.98. The van der Waals surface area contributed by atoms with Gasteiger partial charge in [-0.25, -0.2) is 9.97 Å². The molecule has 2 N–H and O–H groups in total. The van der Waals surface area contributed by atoms with E-state index in [1.165, 1.54) is 6.33 Å². The summed E-state index contributed by atoms with van der Waals surface area (Å²) >= 11 is 6.47. The van der Waals surface area contributed by atoms with Crippen molar-refractivity contribution >= 4 is 45.6 Å². The van der Waals surface area contributed by atoms with Gasteiger partial charge in [-0.15, -0.1) is 0 Å². The van der Waals surface area contributed by atoms with Gasteiger partial charge in [0.2, 0.25) is 5.91 Å². The Morgan fingerprint density at radius 2 is 2.00 bits per heavy atom. The molecule has 0 radical (unpaired) electrons. The third-order valence-corrected chi connectivity index (χ3v) is 6.32. The highest BCUT2D eigenvalue weighted by atomic mass is 35.5. The Morgan fingerprint density at radius 3 is 2.77 bits per heavy atom. The molecule has 1 aliphatic rings. The molecular formula is C26H25ClN6O2. The number of rotatable bonds is 7. The molecule has 0 spiro atoms. The number of pyridine rings is 1. The number of amides is 1. The Balaban J connectivity index is 1.32. The van der Waals surface area contributed by atoms with Gasteiger partial charge in [-0.2, -0.15) is 0 Å². The molecule has 2 aromatic carbocycles. The Labute approximate surface area is 208 Å². The highest BCUT2D eigenvalue weighted by Gasteiger charge is 2.27. The predicted octanol–water partition coefficient (Wildman–Crippen LogP) is 5.03. The second-order valence-corrected chi connectivity index (χ2v) is 8.87. The molecular weight excluding hydrogens is 464 g/mol. The highest BCUT2D eigenvalue weighted by Crippen LogP contribution is 2.31. The van der Waals surface area contributed by atoms with E-state index < -0.39 is 0 Å². The Bertz CT molecular complexity index is 1350. The number of anilines is 3. The Kier molecular flexibility index (Phi) is 6.74. The maximum Gasteiger partial charge on any atom is 0.241 e. The summed E-state index contributed by atoms with van der Waals surface area (Å²) in [4.78, 5) is 27.8. The quantitative estimate of drug-likeness (QED) is 0.376. The Morgan fingerprint density at radius 1 is 1.11 bits per heavy atom. The molecule has 0 unspecified atom stereocenters. The molecule has 9 heteroatoms. The molecule has 1 amide bonds. The number of fused-ring (bicyclic) bond motifs is 1. The van der Waals surface area contributed by atoms with Gasteiger partial charge in [-0.05, 0) is 75.0 Å². The van der Waals surface area contributed by atoms with Crippen molar-refractivity contribution in [2.75, 3.05) is 24.2 Å². The summed E-state index contributed by atoms with van der Waals surface area (Å²) in [5.41, 5.74) is 3.04. The van der Waals surface area contributed by atoms with E-state index in [1.54, 1.807) is 18.3 Å². The van der Waals surface area contributed by atoms with E-state index in [4.69, 9.17) is 16.3 Å². The van der Waals surface area contributed by atoms with Crippen LogP contribution in [-0.4, -0.2) is 45.4 Å². The third-order valence-electron chi connectivity index (χ3n) is 6.02. The number of likely N-dealkylation sites (N-methyl/N-ethyl adjacent to an activating group) is 1. The normalized spacial score (nSPS) is 15.8.